The number of hydrogen-bond acceptors (Lipinski definition) is 3. The fraction of sp³-hybridized carbons (Fsp3) is 0.333. The Bertz CT molecular complexity index is 830. The third-order valence-corrected chi connectivity index (χ3v) is 8.46. The first-order valence-corrected chi connectivity index (χ1v) is 10.8. The van der Waals surface area contributed by atoms with Crippen LogP contribution in [-0.4, -0.2) is 53.8 Å². The molecule has 2 aliphatic rings. The molecular weight excluding hydrogens is 407 g/mol. The van der Waals surface area contributed by atoms with Gasteiger partial charge in [0.1, 0.15) is 0 Å². The van der Waals surface area contributed by atoms with Gasteiger partial charge in [-0.1, -0.05) is 0 Å². The van der Waals surface area contributed by atoms with E-state index >= 15 is 0 Å². The molecule has 140 valence electrons. The molecule has 5 nitrogen and oxygen atoms in total. The SMILES string of the molecule is CC(=O)C1([Se]c2ccccc2)CC[C@@H]2CN1C(=O)N2OCc1ccccc1. The number of piperidine rings is 1. The van der Waals surface area contributed by atoms with Gasteiger partial charge in [0, 0.05) is 0 Å². The van der Waals surface area contributed by atoms with E-state index in [0.717, 1.165) is 16.4 Å². The average molecular weight is 429 g/mol. The number of amides is 2. The summed E-state index contributed by atoms with van der Waals surface area (Å²) < 4.78 is 0.419. The van der Waals surface area contributed by atoms with Crippen molar-refractivity contribution in [2.24, 2.45) is 0 Å². The summed E-state index contributed by atoms with van der Waals surface area (Å²) in [5.41, 5.74) is 1.02. The number of nitrogens with zero attached hydrogens (tertiary/aromatic N) is 2. The van der Waals surface area contributed by atoms with Crippen molar-refractivity contribution in [1.29, 1.82) is 0 Å². The van der Waals surface area contributed by atoms with Gasteiger partial charge in [-0.3, -0.25) is 0 Å². The van der Waals surface area contributed by atoms with Gasteiger partial charge in [-0.15, -0.1) is 0 Å². The summed E-state index contributed by atoms with van der Waals surface area (Å²) in [5, 5.41) is 1.50. The average Bonchev–Trinajstić information content (AvgIpc) is 2.96. The van der Waals surface area contributed by atoms with E-state index in [4.69, 9.17) is 4.84 Å². The number of fused-ring (bicyclic) bond motifs is 2. The topological polar surface area (TPSA) is 49.9 Å². The van der Waals surface area contributed by atoms with Crippen LogP contribution in [0.5, 0.6) is 0 Å². The molecule has 0 spiro atoms. The Morgan fingerprint density at radius 3 is 2.48 bits per heavy atom. The van der Waals surface area contributed by atoms with Gasteiger partial charge >= 0.3 is 165 Å². The predicted molar refractivity (Wildman–Crippen MR) is 103 cm³/mol. The third-order valence-electron chi connectivity index (χ3n) is 5.19. The summed E-state index contributed by atoms with van der Waals surface area (Å²) in [4.78, 5) is 33.5. The quantitative estimate of drug-likeness (QED) is 0.663. The van der Waals surface area contributed by atoms with Crippen LogP contribution in [-0.2, 0) is 16.2 Å². The summed E-state index contributed by atoms with van der Waals surface area (Å²) in [6.45, 7) is 2.53. The van der Waals surface area contributed by atoms with E-state index < -0.39 is 4.44 Å². The zero-order valence-electron chi connectivity index (χ0n) is 15.2. The van der Waals surface area contributed by atoms with Crippen molar-refractivity contribution in [3.8, 4) is 0 Å². The van der Waals surface area contributed by atoms with Crippen molar-refractivity contribution in [3.63, 3.8) is 0 Å². The molecule has 2 amide bonds. The van der Waals surface area contributed by atoms with Gasteiger partial charge in [-0.05, 0) is 0 Å². The second kappa shape index (κ2) is 7.47. The number of rotatable bonds is 6. The summed E-state index contributed by atoms with van der Waals surface area (Å²) >= 11 is -0.143. The maximum atomic E-state index is 13.1. The number of Topliss-reactive ketones (excluding diaryl/α,β-unsaturated/α-hetero) is 1. The van der Waals surface area contributed by atoms with Crippen molar-refractivity contribution in [2.75, 3.05) is 6.54 Å². The molecule has 2 aliphatic heterocycles. The third kappa shape index (κ3) is 3.41. The standard InChI is InChI=1S/C21H22N2O3Se/c1-16(24)21(27-19-10-6-3-7-11-19)13-12-18-14-22(21)20(25)23(18)26-15-17-8-4-2-5-9-17/h2-11,18H,12-15H2,1H3/t18-,21?/m1/s1. The molecule has 0 aromatic heterocycles. The molecule has 0 N–H and O–H groups in total. The van der Waals surface area contributed by atoms with Crippen molar-refractivity contribution in [2.45, 2.75) is 36.9 Å². The minimum atomic E-state index is -0.715. The Morgan fingerprint density at radius 2 is 1.81 bits per heavy atom. The number of hydroxylamine groups is 2. The van der Waals surface area contributed by atoms with E-state index in [1.807, 2.05) is 60.7 Å². The van der Waals surface area contributed by atoms with Gasteiger partial charge < -0.3 is 0 Å². The van der Waals surface area contributed by atoms with Gasteiger partial charge in [0.2, 0.25) is 0 Å². The molecule has 2 atom stereocenters. The first-order valence-electron chi connectivity index (χ1n) is 9.13. The minimum absolute atomic E-state index is 0.0141. The molecule has 2 fully saturated rings. The fourth-order valence-corrected chi connectivity index (χ4v) is 6.50. The summed E-state index contributed by atoms with van der Waals surface area (Å²) in [5.74, 6) is 0.0723. The molecule has 4 rings (SSSR count). The fourth-order valence-electron chi connectivity index (χ4n) is 3.75. The predicted octanol–water partition coefficient (Wildman–Crippen LogP) is 2.33. The van der Waals surface area contributed by atoms with Crippen LogP contribution >= 0.6 is 0 Å². The first kappa shape index (κ1) is 18.2. The Hall–Kier alpha value is -2.14. The summed E-state index contributed by atoms with van der Waals surface area (Å²) in [6, 6.07) is 19.7. The molecule has 0 radical (unpaired) electrons. The summed E-state index contributed by atoms with van der Waals surface area (Å²) in [6.07, 6.45) is 1.48. The molecule has 27 heavy (non-hydrogen) atoms. The van der Waals surface area contributed by atoms with Gasteiger partial charge in [0.05, 0.1) is 0 Å². The number of benzene rings is 2. The molecule has 2 heterocycles. The zero-order chi connectivity index (χ0) is 18.9. The number of urea groups is 1. The van der Waals surface area contributed by atoms with Crippen LogP contribution in [0.2, 0.25) is 0 Å². The van der Waals surface area contributed by atoms with E-state index in [0.29, 0.717) is 19.6 Å². The normalized spacial score (nSPS) is 24.3. The van der Waals surface area contributed by atoms with Crippen LogP contribution in [0.25, 0.3) is 0 Å². The van der Waals surface area contributed by atoms with Gasteiger partial charge in [0.15, 0.2) is 0 Å². The number of ketones is 1. The van der Waals surface area contributed by atoms with Crippen LogP contribution < -0.4 is 4.46 Å². The van der Waals surface area contributed by atoms with Crippen LogP contribution in [0.15, 0.2) is 60.7 Å². The Morgan fingerprint density at radius 1 is 1.15 bits per heavy atom. The number of carbonyl (C=O) groups excluding carboxylic acids is 2. The molecule has 6 heteroatoms. The van der Waals surface area contributed by atoms with E-state index in [2.05, 4.69) is 0 Å². The zero-order valence-corrected chi connectivity index (χ0v) is 16.9. The van der Waals surface area contributed by atoms with Crippen LogP contribution in [0.1, 0.15) is 25.3 Å². The number of carbonyl (C=O) groups is 2. The van der Waals surface area contributed by atoms with Crippen molar-refractivity contribution in [1.82, 2.24) is 9.96 Å². The molecular formula is C21H22N2O3Se. The first-order chi connectivity index (χ1) is 13.1. The van der Waals surface area contributed by atoms with Crippen LogP contribution in [0.3, 0.4) is 0 Å². The Balaban J connectivity index is 1.54. The maximum absolute atomic E-state index is 13.1. The van der Waals surface area contributed by atoms with Gasteiger partial charge in [0.25, 0.3) is 0 Å². The second-order valence-corrected chi connectivity index (χ2v) is 9.76. The molecule has 1 unspecified atom stereocenters. The molecule has 2 bridgehead atoms. The van der Waals surface area contributed by atoms with Crippen molar-refractivity contribution >= 4 is 31.2 Å². The Labute approximate surface area is 165 Å². The monoisotopic (exact) mass is 430 g/mol. The van der Waals surface area contributed by atoms with Crippen molar-refractivity contribution < 1.29 is 14.4 Å². The molecule has 2 aromatic rings. The summed E-state index contributed by atoms with van der Waals surface area (Å²) in [7, 11) is 0. The van der Waals surface area contributed by atoms with E-state index in [1.165, 1.54) is 5.06 Å². The van der Waals surface area contributed by atoms with Crippen molar-refractivity contribution in [3.05, 3.63) is 66.2 Å². The molecule has 0 aliphatic carbocycles. The van der Waals surface area contributed by atoms with Gasteiger partial charge in [-0.25, -0.2) is 0 Å². The molecule has 2 saturated heterocycles. The molecule has 0 saturated carbocycles. The second-order valence-electron chi connectivity index (χ2n) is 6.93. The van der Waals surface area contributed by atoms with E-state index in [-0.39, 0.29) is 32.8 Å². The van der Waals surface area contributed by atoms with E-state index in [1.54, 1.807) is 11.8 Å². The number of hydrogen-bond donors (Lipinski definition) is 0. The Kier molecular flexibility index (Phi) is 5.04. The van der Waals surface area contributed by atoms with Gasteiger partial charge in [-0.2, -0.15) is 0 Å². The van der Waals surface area contributed by atoms with E-state index in [9.17, 15) is 9.59 Å². The van der Waals surface area contributed by atoms with Crippen LogP contribution in [0.4, 0.5) is 4.79 Å². The molecule has 2 aromatic carbocycles. The van der Waals surface area contributed by atoms with Crippen LogP contribution in [0, 0.1) is 0 Å².